The summed E-state index contributed by atoms with van der Waals surface area (Å²) in [4.78, 5) is 46.7. The molecule has 4 heterocycles. The molecule has 38 heavy (non-hydrogen) atoms. The number of piperidine rings is 1. The molecule has 0 bridgehead atoms. The maximum absolute atomic E-state index is 13.2. The van der Waals surface area contributed by atoms with Crippen molar-refractivity contribution in [2.24, 2.45) is 0 Å². The number of H-pyrrole nitrogens is 1. The van der Waals surface area contributed by atoms with Crippen LogP contribution >= 0.6 is 0 Å². The van der Waals surface area contributed by atoms with Gasteiger partial charge in [0.05, 0.1) is 5.52 Å². The van der Waals surface area contributed by atoms with Crippen LogP contribution in [0.15, 0.2) is 70.5 Å². The third-order valence-electron chi connectivity index (χ3n) is 6.59. The van der Waals surface area contributed by atoms with Gasteiger partial charge in [-0.3, -0.25) is 14.3 Å². The van der Waals surface area contributed by atoms with Gasteiger partial charge in [-0.05, 0) is 48.6 Å². The SMILES string of the molecule is O=C(Nc1cc(Cc2ccccc2)cn(CC(F)(F)F)c1=O)N1CCC(n2c(=O)[nH]c3ncccc32)CC1. The minimum atomic E-state index is -4.60. The molecule has 0 unspecified atom stereocenters. The summed E-state index contributed by atoms with van der Waals surface area (Å²) >= 11 is 0. The number of carbonyl (C=O) groups is 1. The molecular weight excluding hydrogens is 501 g/mol. The summed E-state index contributed by atoms with van der Waals surface area (Å²) in [5.41, 5.74) is 1.06. The van der Waals surface area contributed by atoms with Crippen molar-refractivity contribution in [1.82, 2.24) is 24.0 Å². The van der Waals surface area contributed by atoms with Crippen molar-refractivity contribution in [1.29, 1.82) is 0 Å². The standard InChI is InChI=1S/C26H25F3N6O3/c27-26(28,29)16-34-15-18(13-17-5-2-1-3-6-17)14-20(23(34)36)31-24(37)33-11-8-19(9-12-33)35-21-7-4-10-30-22(21)32-25(35)38/h1-7,10,14-15,19H,8-9,11-13,16H2,(H,31,37)(H,30,32,38). The summed E-state index contributed by atoms with van der Waals surface area (Å²) in [6, 6.07) is 13.3. The van der Waals surface area contributed by atoms with E-state index in [4.69, 9.17) is 0 Å². The lowest BCUT2D eigenvalue weighted by atomic mass is 10.0. The molecule has 0 radical (unpaired) electrons. The van der Waals surface area contributed by atoms with E-state index in [-0.39, 0.29) is 17.4 Å². The van der Waals surface area contributed by atoms with Crippen LogP contribution in [0.2, 0.25) is 0 Å². The van der Waals surface area contributed by atoms with Crippen LogP contribution in [0.5, 0.6) is 0 Å². The predicted octanol–water partition coefficient (Wildman–Crippen LogP) is 3.91. The highest BCUT2D eigenvalue weighted by atomic mass is 19.4. The number of aromatic nitrogens is 4. The van der Waals surface area contributed by atoms with Crippen LogP contribution in [0.25, 0.3) is 11.2 Å². The van der Waals surface area contributed by atoms with Crippen molar-refractivity contribution in [3.8, 4) is 0 Å². The second-order valence-corrected chi connectivity index (χ2v) is 9.29. The second kappa shape index (κ2) is 10.2. The van der Waals surface area contributed by atoms with Gasteiger partial charge in [-0.25, -0.2) is 14.6 Å². The topological polar surface area (TPSA) is 105 Å². The van der Waals surface area contributed by atoms with Gasteiger partial charge in [0.1, 0.15) is 12.2 Å². The van der Waals surface area contributed by atoms with Crippen LogP contribution in [0, 0.1) is 0 Å². The summed E-state index contributed by atoms with van der Waals surface area (Å²) in [5.74, 6) is 0. The smallest absolute Gasteiger partial charge is 0.324 e. The van der Waals surface area contributed by atoms with Gasteiger partial charge in [0.15, 0.2) is 5.65 Å². The number of halogens is 3. The van der Waals surface area contributed by atoms with Crippen molar-refractivity contribution in [2.45, 2.75) is 38.0 Å². The van der Waals surface area contributed by atoms with Crippen molar-refractivity contribution in [3.05, 3.63) is 92.9 Å². The molecule has 2 amide bonds. The molecule has 0 saturated carbocycles. The highest BCUT2D eigenvalue weighted by Gasteiger charge is 2.30. The summed E-state index contributed by atoms with van der Waals surface area (Å²) in [5, 5.41) is 2.52. The van der Waals surface area contributed by atoms with Gasteiger partial charge in [0, 0.05) is 31.5 Å². The third-order valence-corrected chi connectivity index (χ3v) is 6.59. The van der Waals surface area contributed by atoms with Crippen LogP contribution < -0.4 is 16.6 Å². The van der Waals surface area contributed by atoms with E-state index in [1.54, 1.807) is 22.9 Å². The lowest BCUT2D eigenvalue weighted by molar-refractivity contribution is -0.141. The Bertz CT molecular complexity index is 1570. The molecule has 0 aliphatic carbocycles. The summed E-state index contributed by atoms with van der Waals surface area (Å²) in [6.07, 6.45) is -0.566. The number of nitrogens with zero attached hydrogens (tertiary/aromatic N) is 4. The largest absolute Gasteiger partial charge is 0.406 e. The quantitative estimate of drug-likeness (QED) is 0.412. The molecule has 1 aromatic carbocycles. The molecule has 4 aromatic rings. The lowest BCUT2D eigenvalue weighted by Crippen LogP contribution is -2.43. The van der Waals surface area contributed by atoms with Crippen molar-refractivity contribution >= 4 is 22.9 Å². The molecule has 5 rings (SSSR count). The number of alkyl halides is 3. The Kier molecular flexibility index (Phi) is 6.79. The number of likely N-dealkylation sites (tertiary alicyclic amines) is 1. The van der Waals surface area contributed by atoms with Crippen molar-refractivity contribution < 1.29 is 18.0 Å². The number of benzene rings is 1. The third kappa shape index (κ3) is 5.48. The number of urea groups is 1. The van der Waals surface area contributed by atoms with E-state index >= 15 is 0 Å². The number of pyridine rings is 2. The van der Waals surface area contributed by atoms with Gasteiger partial charge >= 0.3 is 17.9 Å². The molecule has 1 fully saturated rings. The first kappa shape index (κ1) is 25.3. The van der Waals surface area contributed by atoms with Gasteiger partial charge in [0.25, 0.3) is 5.56 Å². The number of aromatic amines is 1. The fourth-order valence-corrected chi connectivity index (χ4v) is 4.87. The highest BCUT2D eigenvalue weighted by Crippen LogP contribution is 2.25. The number of carbonyl (C=O) groups excluding carboxylic acids is 1. The van der Waals surface area contributed by atoms with E-state index in [9.17, 15) is 27.6 Å². The first-order chi connectivity index (χ1) is 18.2. The van der Waals surface area contributed by atoms with Crippen LogP contribution in [0.1, 0.15) is 30.0 Å². The Hall–Kier alpha value is -4.35. The van der Waals surface area contributed by atoms with Gasteiger partial charge in [-0.15, -0.1) is 0 Å². The number of rotatable bonds is 5. The summed E-state index contributed by atoms with van der Waals surface area (Å²) in [6.45, 7) is -0.858. The van der Waals surface area contributed by atoms with Crippen molar-refractivity contribution in [3.63, 3.8) is 0 Å². The molecule has 198 valence electrons. The number of hydrogen-bond donors (Lipinski definition) is 2. The van der Waals surface area contributed by atoms with E-state index < -0.39 is 24.3 Å². The zero-order chi connectivity index (χ0) is 26.9. The molecule has 1 aliphatic rings. The Morgan fingerprint density at radius 3 is 2.50 bits per heavy atom. The van der Waals surface area contributed by atoms with Crippen LogP contribution in [-0.2, 0) is 13.0 Å². The van der Waals surface area contributed by atoms with Crippen molar-refractivity contribution in [2.75, 3.05) is 18.4 Å². The summed E-state index contributed by atoms with van der Waals surface area (Å²) in [7, 11) is 0. The Morgan fingerprint density at radius 2 is 1.79 bits per heavy atom. The number of imidazole rings is 1. The normalized spacial score (nSPS) is 14.7. The number of amides is 2. The Balaban J connectivity index is 1.33. The monoisotopic (exact) mass is 526 g/mol. The molecule has 3 aromatic heterocycles. The van der Waals surface area contributed by atoms with Gasteiger partial charge in [-0.2, -0.15) is 13.2 Å². The van der Waals surface area contributed by atoms with Crippen LogP contribution in [0.3, 0.4) is 0 Å². The van der Waals surface area contributed by atoms with E-state index in [1.165, 1.54) is 17.2 Å². The van der Waals surface area contributed by atoms with Crippen LogP contribution in [0.4, 0.5) is 23.7 Å². The zero-order valence-electron chi connectivity index (χ0n) is 20.2. The fraction of sp³-hybridized carbons (Fsp3) is 0.308. The lowest BCUT2D eigenvalue weighted by Gasteiger charge is -2.32. The minimum Gasteiger partial charge on any atom is -0.324 e. The Labute approximate surface area is 214 Å². The average Bonchev–Trinajstić information content (AvgIpc) is 3.22. The number of fused-ring (bicyclic) bond motifs is 1. The van der Waals surface area contributed by atoms with E-state index in [0.29, 0.717) is 53.6 Å². The number of nitrogens with one attached hydrogen (secondary N) is 2. The molecular formula is C26H25F3N6O3. The van der Waals surface area contributed by atoms with Gasteiger partial charge in [-0.1, -0.05) is 30.3 Å². The predicted molar refractivity (Wildman–Crippen MR) is 135 cm³/mol. The first-order valence-corrected chi connectivity index (χ1v) is 12.1. The van der Waals surface area contributed by atoms with Crippen LogP contribution in [-0.4, -0.2) is 49.3 Å². The molecule has 0 atom stereocenters. The maximum atomic E-state index is 13.2. The first-order valence-electron chi connectivity index (χ1n) is 12.1. The maximum Gasteiger partial charge on any atom is 0.406 e. The number of hydrogen-bond acceptors (Lipinski definition) is 4. The highest BCUT2D eigenvalue weighted by molar-refractivity contribution is 5.89. The Morgan fingerprint density at radius 1 is 1.05 bits per heavy atom. The molecule has 1 saturated heterocycles. The van der Waals surface area contributed by atoms with Gasteiger partial charge < -0.3 is 14.8 Å². The summed E-state index contributed by atoms with van der Waals surface area (Å²) < 4.78 is 41.7. The fourth-order valence-electron chi connectivity index (χ4n) is 4.87. The molecule has 1 aliphatic heterocycles. The zero-order valence-corrected chi connectivity index (χ0v) is 20.2. The average molecular weight is 527 g/mol. The molecule has 2 N–H and O–H groups in total. The second-order valence-electron chi connectivity index (χ2n) is 9.29. The molecule has 12 heteroatoms. The van der Waals surface area contributed by atoms with E-state index in [1.807, 2.05) is 30.3 Å². The number of anilines is 1. The van der Waals surface area contributed by atoms with E-state index in [0.717, 1.165) is 5.56 Å². The molecule has 9 nitrogen and oxygen atoms in total. The molecule has 0 spiro atoms. The van der Waals surface area contributed by atoms with E-state index in [2.05, 4.69) is 15.3 Å². The minimum absolute atomic E-state index is 0.150. The van der Waals surface area contributed by atoms with Gasteiger partial charge in [0.2, 0.25) is 0 Å².